The number of anilines is 2. The van der Waals surface area contributed by atoms with Gasteiger partial charge >= 0.3 is 11.9 Å². The molecule has 0 saturated heterocycles. The molecule has 0 aliphatic rings. The molecule has 1 amide bonds. The summed E-state index contributed by atoms with van der Waals surface area (Å²) < 4.78 is 11.7. The highest BCUT2D eigenvalue weighted by Gasteiger charge is 2.19. The lowest BCUT2D eigenvalue weighted by Crippen LogP contribution is -2.23. The number of hydrogen-bond donors (Lipinski definition) is 1. The van der Waals surface area contributed by atoms with Gasteiger partial charge in [-0.2, -0.15) is 0 Å². The summed E-state index contributed by atoms with van der Waals surface area (Å²) >= 11 is 0. The van der Waals surface area contributed by atoms with Crippen molar-refractivity contribution in [3.8, 4) is 0 Å². The number of ether oxygens (including phenoxy) is 2. The minimum atomic E-state index is -0.569. The lowest BCUT2D eigenvalue weighted by molar-refractivity contribution is -0.147. The first-order valence-corrected chi connectivity index (χ1v) is 9.29. The number of esters is 2. The van der Waals surface area contributed by atoms with E-state index >= 15 is 0 Å². The van der Waals surface area contributed by atoms with E-state index in [2.05, 4.69) is 5.32 Å². The van der Waals surface area contributed by atoms with Crippen LogP contribution in [0, 0.1) is 13.8 Å². The Hall–Kier alpha value is -3.29. The van der Waals surface area contributed by atoms with Crippen LogP contribution in [0.25, 0.3) is 0 Å². The molecule has 0 aliphatic carbocycles. The average Bonchev–Trinajstić information content (AvgIpc) is 2.95. The van der Waals surface area contributed by atoms with E-state index in [0.29, 0.717) is 16.9 Å². The molecule has 8 heteroatoms. The highest BCUT2D eigenvalue weighted by atomic mass is 16.5. The Morgan fingerprint density at radius 3 is 2.31 bits per heavy atom. The molecular formula is C21H27N3O5. The van der Waals surface area contributed by atoms with Crippen molar-refractivity contribution in [2.45, 2.75) is 27.3 Å². The Labute approximate surface area is 170 Å². The van der Waals surface area contributed by atoms with Crippen molar-refractivity contribution in [1.82, 2.24) is 4.57 Å². The second-order valence-corrected chi connectivity index (χ2v) is 6.74. The van der Waals surface area contributed by atoms with Gasteiger partial charge in [-0.15, -0.1) is 0 Å². The smallest absolute Gasteiger partial charge is 0.339 e. The molecule has 0 unspecified atom stereocenters. The first-order valence-electron chi connectivity index (χ1n) is 9.29. The Morgan fingerprint density at radius 1 is 1.07 bits per heavy atom. The van der Waals surface area contributed by atoms with Gasteiger partial charge in [-0.05, 0) is 51.1 Å². The van der Waals surface area contributed by atoms with Crippen LogP contribution in [0.5, 0.6) is 0 Å². The van der Waals surface area contributed by atoms with Crippen molar-refractivity contribution in [2.24, 2.45) is 0 Å². The molecule has 29 heavy (non-hydrogen) atoms. The molecule has 0 aliphatic heterocycles. The molecule has 2 aromatic rings. The molecule has 1 aromatic carbocycles. The van der Waals surface area contributed by atoms with Gasteiger partial charge in [-0.3, -0.25) is 9.59 Å². The van der Waals surface area contributed by atoms with Crippen molar-refractivity contribution in [1.29, 1.82) is 0 Å². The van der Waals surface area contributed by atoms with E-state index in [1.165, 1.54) is 0 Å². The summed E-state index contributed by atoms with van der Waals surface area (Å²) in [5, 5.41) is 2.68. The largest absolute Gasteiger partial charge is 0.462 e. The number of aromatic nitrogens is 1. The maximum Gasteiger partial charge on any atom is 0.339 e. The molecule has 0 atom stereocenters. The molecule has 0 bridgehead atoms. The summed E-state index contributed by atoms with van der Waals surface area (Å²) in [6.45, 7) is 5.04. The topological polar surface area (TPSA) is 89.9 Å². The molecule has 2 rings (SSSR count). The molecule has 1 aromatic heterocycles. The first kappa shape index (κ1) is 22.0. The lowest BCUT2D eigenvalue weighted by atomic mass is 10.2. The van der Waals surface area contributed by atoms with Gasteiger partial charge in [0.25, 0.3) is 5.91 Å². The third-order valence-electron chi connectivity index (χ3n) is 4.39. The van der Waals surface area contributed by atoms with Crippen LogP contribution in [-0.4, -0.2) is 49.7 Å². The summed E-state index contributed by atoms with van der Waals surface area (Å²) in [5.74, 6) is -1.43. The van der Waals surface area contributed by atoms with E-state index in [-0.39, 0.29) is 13.2 Å². The van der Waals surface area contributed by atoms with Gasteiger partial charge in [0.05, 0.1) is 12.2 Å². The van der Waals surface area contributed by atoms with E-state index in [1.54, 1.807) is 43.5 Å². The summed E-state index contributed by atoms with van der Waals surface area (Å²) in [6.07, 6.45) is 0. The molecule has 0 fully saturated rings. The average molecular weight is 401 g/mol. The van der Waals surface area contributed by atoms with Gasteiger partial charge < -0.3 is 24.3 Å². The molecule has 1 heterocycles. The summed E-state index contributed by atoms with van der Waals surface area (Å²) in [7, 11) is 3.85. The Kier molecular flexibility index (Phi) is 7.41. The highest BCUT2D eigenvalue weighted by molar-refractivity contribution is 5.93. The highest BCUT2D eigenvalue weighted by Crippen LogP contribution is 2.17. The number of benzene rings is 1. The molecule has 156 valence electrons. The monoisotopic (exact) mass is 401 g/mol. The predicted molar refractivity (Wildman–Crippen MR) is 110 cm³/mol. The molecule has 1 N–H and O–H groups in total. The van der Waals surface area contributed by atoms with Gasteiger partial charge in [0, 0.05) is 36.9 Å². The number of carbonyl (C=O) groups excluding carboxylic acids is 3. The van der Waals surface area contributed by atoms with Crippen molar-refractivity contribution < 1.29 is 23.9 Å². The van der Waals surface area contributed by atoms with E-state index in [1.807, 2.05) is 31.1 Å². The number of aryl methyl sites for hydroxylation is 1. The minimum Gasteiger partial charge on any atom is -0.462 e. The van der Waals surface area contributed by atoms with E-state index in [4.69, 9.17) is 9.47 Å². The Bertz CT molecular complexity index is 884. The van der Waals surface area contributed by atoms with Crippen molar-refractivity contribution in [3.63, 3.8) is 0 Å². The maximum atomic E-state index is 12.2. The zero-order chi connectivity index (χ0) is 21.6. The Balaban J connectivity index is 1.89. The van der Waals surface area contributed by atoms with Crippen molar-refractivity contribution in [2.75, 3.05) is 37.5 Å². The number of carbonyl (C=O) groups is 3. The summed E-state index contributed by atoms with van der Waals surface area (Å²) in [5.41, 5.74) is 3.38. The zero-order valence-corrected chi connectivity index (χ0v) is 17.4. The number of hydrogen-bond acceptors (Lipinski definition) is 6. The maximum absolute atomic E-state index is 12.2. The van der Waals surface area contributed by atoms with Crippen LogP contribution in [-0.2, 0) is 25.6 Å². The summed E-state index contributed by atoms with van der Waals surface area (Å²) in [4.78, 5) is 38.1. The predicted octanol–water partition coefficient (Wildman–Crippen LogP) is 2.53. The summed E-state index contributed by atoms with van der Waals surface area (Å²) in [6, 6.07) is 8.97. The molecule has 8 nitrogen and oxygen atoms in total. The van der Waals surface area contributed by atoms with E-state index < -0.39 is 24.5 Å². The SMILES string of the molecule is CCOC(=O)c1cc(C)n(CC(=O)OCC(=O)Nc2ccc(N(C)C)cc2)c1C. The van der Waals surface area contributed by atoms with Gasteiger partial charge in [-0.25, -0.2) is 4.79 Å². The van der Waals surface area contributed by atoms with E-state index in [0.717, 1.165) is 11.4 Å². The lowest BCUT2D eigenvalue weighted by Gasteiger charge is -2.13. The third kappa shape index (κ3) is 5.84. The Morgan fingerprint density at radius 2 is 1.72 bits per heavy atom. The molecule has 0 saturated carbocycles. The fraction of sp³-hybridized carbons (Fsp3) is 0.381. The fourth-order valence-corrected chi connectivity index (χ4v) is 2.82. The molecule has 0 radical (unpaired) electrons. The van der Waals surface area contributed by atoms with Crippen LogP contribution in [0.1, 0.15) is 28.7 Å². The minimum absolute atomic E-state index is 0.0954. The van der Waals surface area contributed by atoms with Gasteiger partial charge in [0.15, 0.2) is 6.61 Å². The zero-order valence-electron chi connectivity index (χ0n) is 17.4. The first-order chi connectivity index (χ1) is 13.7. The van der Waals surface area contributed by atoms with Crippen LogP contribution in [0.2, 0.25) is 0 Å². The van der Waals surface area contributed by atoms with Crippen LogP contribution in [0.15, 0.2) is 30.3 Å². The van der Waals surface area contributed by atoms with Crippen molar-refractivity contribution in [3.05, 3.63) is 47.3 Å². The number of nitrogens with one attached hydrogen (secondary N) is 1. The molecule has 0 spiro atoms. The third-order valence-corrected chi connectivity index (χ3v) is 4.39. The quantitative estimate of drug-likeness (QED) is 0.684. The van der Waals surface area contributed by atoms with Crippen molar-refractivity contribution >= 4 is 29.2 Å². The van der Waals surface area contributed by atoms with Crippen LogP contribution in [0.3, 0.4) is 0 Å². The number of rotatable bonds is 8. The number of nitrogens with zero attached hydrogens (tertiary/aromatic N) is 2. The van der Waals surface area contributed by atoms with Gasteiger partial charge in [0.1, 0.15) is 6.54 Å². The fourth-order valence-electron chi connectivity index (χ4n) is 2.82. The van der Waals surface area contributed by atoms with Crippen LogP contribution in [0.4, 0.5) is 11.4 Å². The van der Waals surface area contributed by atoms with Gasteiger partial charge in [-0.1, -0.05) is 0 Å². The van der Waals surface area contributed by atoms with E-state index in [9.17, 15) is 14.4 Å². The normalized spacial score (nSPS) is 10.4. The molecular weight excluding hydrogens is 374 g/mol. The van der Waals surface area contributed by atoms with Crippen LogP contribution >= 0.6 is 0 Å². The number of amides is 1. The second kappa shape index (κ2) is 9.77. The second-order valence-electron chi connectivity index (χ2n) is 6.74. The van der Waals surface area contributed by atoms with Gasteiger partial charge in [0.2, 0.25) is 0 Å². The standard InChI is InChI=1S/C21H27N3O5/c1-6-28-21(27)18-11-14(2)24(15(18)3)12-20(26)29-13-19(25)22-16-7-9-17(10-8-16)23(4)5/h7-11H,6,12-13H2,1-5H3,(H,22,25). The van der Waals surface area contributed by atoms with Crippen LogP contribution < -0.4 is 10.2 Å².